The van der Waals surface area contributed by atoms with Crippen LogP contribution < -0.4 is 4.90 Å². The summed E-state index contributed by atoms with van der Waals surface area (Å²) >= 11 is 5.10. The van der Waals surface area contributed by atoms with E-state index in [2.05, 4.69) is 48.4 Å². The highest BCUT2D eigenvalue weighted by atomic mass is 79.9. The molecular weight excluding hydrogens is 366 g/mol. The second-order valence-corrected chi connectivity index (χ2v) is 6.89. The van der Waals surface area contributed by atoms with Gasteiger partial charge in [0, 0.05) is 17.2 Å². The van der Waals surface area contributed by atoms with Gasteiger partial charge in [-0.05, 0) is 46.5 Å². The standard InChI is InChI=1S/C14H14BrN5OS/c1-8-7-21-5-4-20(8)11-6-9(15)14-13(17-11)12(19-22-14)10-2-3-16-18-10/h2-3,6,8H,4-5,7H2,1H3,(H,16,18)/t8-/m1/s1. The van der Waals surface area contributed by atoms with Crippen LogP contribution in [0.3, 0.4) is 0 Å². The van der Waals surface area contributed by atoms with Gasteiger partial charge in [0.05, 0.1) is 29.6 Å². The van der Waals surface area contributed by atoms with Gasteiger partial charge in [0.15, 0.2) is 0 Å². The van der Waals surface area contributed by atoms with Crippen LogP contribution in [0.25, 0.3) is 21.6 Å². The van der Waals surface area contributed by atoms with E-state index in [1.165, 1.54) is 11.5 Å². The molecular formula is C14H14BrN5OS. The van der Waals surface area contributed by atoms with Crippen molar-refractivity contribution in [1.82, 2.24) is 19.6 Å². The molecule has 1 saturated heterocycles. The van der Waals surface area contributed by atoms with Crippen molar-refractivity contribution in [1.29, 1.82) is 0 Å². The van der Waals surface area contributed by atoms with Crippen LogP contribution in [0, 0.1) is 0 Å². The molecule has 6 nitrogen and oxygen atoms in total. The van der Waals surface area contributed by atoms with Gasteiger partial charge < -0.3 is 9.64 Å². The number of morpholine rings is 1. The minimum absolute atomic E-state index is 0.313. The van der Waals surface area contributed by atoms with Gasteiger partial charge in [0.2, 0.25) is 0 Å². The molecule has 0 saturated carbocycles. The van der Waals surface area contributed by atoms with Crippen LogP contribution in [-0.2, 0) is 4.74 Å². The predicted octanol–water partition coefficient (Wildman–Crippen LogP) is 3.07. The molecule has 1 aliphatic heterocycles. The summed E-state index contributed by atoms with van der Waals surface area (Å²) in [6, 6.07) is 4.29. The number of aromatic nitrogens is 4. The van der Waals surface area contributed by atoms with Gasteiger partial charge >= 0.3 is 0 Å². The summed E-state index contributed by atoms with van der Waals surface area (Å²) in [5.41, 5.74) is 2.64. The van der Waals surface area contributed by atoms with Crippen molar-refractivity contribution in [2.45, 2.75) is 13.0 Å². The van der Waals surface area contributed by atoms with Crippen LogP contribution in [0.2, 0.25) is 0 Å². The molecule has 0 unspecified atom stereocenters. The smallest absolute Gasteiger partial charge is 0.130 e. The molecule has 114 valence electrons. The molecule has 3 aromatic heterocycles. The molecule has 4 rings (SSSR count). The lowest BCUT2D eigenvalue weighted by atomic mass is 10.2. The van der Waals surface area contributed by atoms with Gasteiger partial charge in [0.1, 0.15) is 17.0 Å². The van der Waals surface area contributed by atoms with E-state index in [-0.39, 0.29) is 0 Å². The number of H-pyrrole nitrogens is 1. The lowest BCUT2D eigenvalue weighted by Gasteiger charge is -2.34. The fourth-order valence-corrected chi connectivity index (χ4v) is 4.00. The van der Waals surface area contributed by atoms with Gasteiger partial charge in [-0.15, -0.1) is 0 Å². The van der Waals surface area contributed by atoms with Gasteiger partial charge in [-0.25, -0.2) is 4.98 Å². The number of fused-ring (bicyclic) bond motifs is 1. The lowest BCUT2D eigenvalue weighted by Crippen LogP contribution is -2.44. The van der Waals surface area contributed by atoms with Gasteiger partial charge in [0.25, 0.3) is 0 Å². The summed E-state index contributed by atoms with van der Waals surface area (Å²) in [5.74, 6) is 0.955. The average Bonchev–Trinajstić information content (AvgIpc) is 3.16. The van der Waals surface area contributed by atoms with Gasteiger partial charge in [-0.1, -0.05) is 0 Å². The molecule has 0 aromatic carbocycles. The molecule has 1 N–H and O–H groups in total. The lowest BCUT2D eigenvalue weighted by molar-refractivity contribution is 0.0985. The van der Waals surface area contributed by atoms with E-state index in [0.29, 0.717) is 6.04 Å². The van der Waals surface area contributed by atoms with Crippen LogP contribution in [0.15, 0.2) is 22.8 Å². The Balaban J connectivity index is 1.85. The maximum Gasteiger partial charge on any atom is 0.130 e. The third-order valence-corrected chi connectivity index (χ3v) is 5.54. The van der Waals surface area contributed by atoms with Crippen molar-refractivity contribution in [3.8, 4) is 11.4 Å². The molecule has 1 fully saturated rings. The SMILES string of the molecule is C[C@@H]1COCCN1c1cc(Br)c2snc(-c3ccn[nH]3)c2n1. The Morgan fingerprint density at radius 2 is 2.41 bits per heavy atom. The molecule has 0 bridgehead atoms. The van der Waals surface area contributed by atoms with Crippen LogP contribution in [0.4, 0.5) is 5.82 Å². The summed E-state index contributed by atoms with van der Waals surface area (Å²) in [4.78, 5) is 7.15. The Morgan fingerprint density at radius 1 is 1.50 bits per heavy atom. The Morgan fingerprint density at radius 3 is 3.18 bits per heavy atom. The second-order valence-electron chi connectivity index (χ2n) is 5.26. The van der Waals surface area contributed by atoms with E-state index in [9.17, 15) is 0 Å². The van der Waals surface area contributed by atoms with E-state index in [1.807, 2.05) is 6.07 Å². The number of aromatic amines is 1. The normalized spacial score (nSPS) is 19.0. The Hall–Kier alpha value is -1.51. The monoisotopic (exact) mass is 379 g/mol. The zero-order chi connectivity index (χ0) is 15.1. The third-order valence-electron chi connectivity index (χ3n) is 3.78. The summed E-state index contributed by atoms with van der Waals surface area (Å²) < 4.78 is 12.1. The minimum Gasteiger partial charge on any atom is -0.377 e. The number of halogens is 1. The summed E-state index contributed by atoms with van der Waals surface area (Å²) in [5, 5.41) is 6.97. The van der Waals surface area contributed by atoms with E-state index < -0.39 is 0 Å². The topological polar surface area (TPSA) is 66.9 Å². The summed E-state index contributed by atoms with van der Waals surface area (Å²) in [7, 11) is 0. The van der Waals surface area contributed by atoms with E-state index in [1.54, 1.807) is 6.20 Å². The molecule has 4 heterocycles. The van der Waals surface area contributed by atoms with Crippen LogP contribution in [0.1, 0.15) is 6.92 Å². The molecule has 0 spiro atoms. The Bertz CT molecular complexity index is 803. The first kappa shape index (κ1) is 14.1. The number of anilines is 1. The van der Waals surface area contributed by atoms with E-state index in [0.717, 1.165) is 51.7 Å². The van der Waals surface area contributed by atoms with Gasteiger partial charge in [-0.2, -0.15) is 9.47 Å². The first-order chi connectivity index (χ1) is 10.7. The largest absolute Gasteiger partial charge is 0.377 e. The molecule has 0 amide bonds. The first-order valence-electron chi connectivity index (χ1n) is 7.04. The quantitative estimate of drug-likeness (QED) is 0.740. The van der Waals surface area contributed by atoms with Crippen LogP contribution in [-0.4, -0.2) is 45.4 Å². The minimum atomic E-state index is 0.313. The third kappa shape index (κ3) is 2.31. The average molecular weight is 380 g/mol. The highest BCUT2D eigenvalue weighted by molar-refractivity contribution is 9.10. The fraction of sp³-hybridized carbons (Fsp3) is 0.357. The molecule has 22 heavy (non-hydrogen) atoms. The molecule has 1 aliphatic rings. The number of hydrogen-bond donors (Lipinski definition) is 1. The Labute approximate surface area is 139 Å². The van der Waals surface area contributed by atoms with E-state index in [4.69, 9.17) is 9.72 Å². The maximum atomic E-state index is 5.51. The van der Waals surface area contributed by atoms with E-state index >= 15 is 0 Å². The van der Waals surface area contributed by atoms with Crippen molar-refractivity contribution in [3.63, 3.8) is 0 Å². The van der Waals surface area contributed by atoms with Gasteiger partial charge in [-0.3, -0.25) is 5.10 Å². The summed E-state index contributed by atoms with van der Waals surface area (Å²) in [6.45, 7) is 4.47. The Kier molecular flexibility index (Phi) is 3.59. The number of hydrogen-bond acceptors (Lipinski definition) is 6. The molecule has 0 aliphatic carbocycles. The first-order valence-corrected chi connectivity index (χ1v) is 8.61. The molecule has 8 heteroatoms. The molecule has 0 radical (unpaired) electrons. The van der Waals surface area contributed by atoms with Crippen molar-refractivity contribution >= 4 is 43.5 Å². The van der Waals surface area contributed by atoms with Crippen molar-refractivity contribution < 1.29 is 4.74 Å². The number of ether oxygens (including phenoxy) is 1. The van der Waals surface area contributed by atoms with Crippen LogP contribution in [0.5, 0.6) is 0 Å². The summed E-state index contributed by atoms with van der Waals surface area (Å²) in [6.07, 6.45) is 1.73. The highest BCUT2D eigenvalue weighted by Crippen LogP contribution is 2.36. The zero-order valence-corrected chi connectivity index (χ0v) is 14.3. The zero-order valence-electron chi connectivity index (χ0n) is 11.9. The fourth-order valence-electron chi connectivity index (χ4n) is 2.65. The number of nitrogens with zero attached hydrogens (tertiary/aromatic N) is 4. The van der Waals surface area contributed by atoms with Crippen LogP contribution >= 0.6 is 27.5 Å². The second kappa shape index (κ2) is 5.60. The molecule has 3 aromatic rings. The maximum absolute atomic E-state index is 5.51. The number of pyridine rings is 1. The van der Waals surface area contributed by atoms with Crippen molar-refractivity contribution in [2.24, 2.45) is 0 Å². The predicted molar refractivity (Wildman–Crippen MR) is 90.3 cm³/mol. The number of nitrogens with one attached hydrogen (secondary N) is 1. The number of rotatable bonds is 2. The van der Waals surface area contributed by atoms with Crippen molar-refractivity contribution in [3.05, 3.63) is 22.8 Å². The highest BCUT2D eigenvalue weighted by Gasteiger charge is 2.23. The van der Waals surface area contributed by atoms with Crippen molar-refractivity contribution in [2.75, 3.05) is 24.7 Å². The molecule has 1 atom stereocenters.